The maximum Gasteiger partial charge on any atom is 0.222 e. The predicted octanol–water partition coefficient (Wildman–Crippen LogP) is 1.53. The highest BCUT2D eigenvalue weighted by Crippen LogP contribution is 1.98. The molecule has 5 heteroatoms. The van der Waals surface area contributed by atoms with Crippen molar-refractivity contribution in [3.63, 3.8) is 0 Å². The van der Waals surface area contributed by atoms with Gasteiger partial charge in [-0.1, -0.05) is 0 Å². The fourth-order valence-corrected chi connectivity index (χ4v) is 0.749. The zero-order valence-corrected chi connectivity index (χ0v) is 7.28. The number of rotatable bonds is 3. The summed E-state index contributed by atoms with van der Waals surface area (Å²) in [6.45, 7) is 0. The maximum atomic E-state index is 10.3. The molecule has 3 nitrogen and oxygen atoms in total. The first-order chi connectivity index (χ1) is 4.79. The van der Waals surface area contributed by atoms with Crippen molar-refractivity contribution in [2.24, 2.45) is 0 Å². The predicted molar refractivity (Wildman–Crippen MR) is 45.0 cm³/mol. The fraction of sp³-hybridized carbons (Fsp3) is 0.333. The fourth-order valence-electron chi connectivity index (χ4n) is 0.654. The van der Waals surface area contributed by atoms with Crippen LogP contribution in [0, 0.1) is 0 Å². The van der Waals surface area contributed by atoms with Gasteiger partial charge in [-0.15, -0.1) is 12.4 Å². The van der Waals surface area contributed by atoms with Crippen LogP contribution in [-0.2, 0) is 11.2 Å². The minimum Gasteiger partial charge on any atom is -0.348 e. The van der Waals surface area contributed by atoms with E-state index in [0.717, 1.165) is 5.69 Å². The van der Waals surface area contributed by atoms with E-state index in [-0.39, 0.29) is 17.6 Å². The Morgan fingerprint density at radius 2 is 2.45 bits per heavy atom. The third-order valence-electron chi connectivity index (χ3n) is 1.15. The molecule has 1 N–H and O–H groups in total. The van der Waals surface area contributed by atoms with Gasteiger partial charge in [0.1, 0.15) is 0 Å². The molecule has 0 amide bonds. The molecule has 0 aliphatic rings. The van der Waals surface area contributed by atoms with E-state index in [1.165, 1.54) is 0 Å². The van der Waals surface area contributed by atoms with Crippen molar-refractivity contribution in [3.8, 4) is 0 Å². The number of hydrogen-bond donors (Lipinski definition) is 1. The van der Waals surface area contributed by atoms with E-state index in [1.54, 1.807) is 12.5 Å². The van der Waals surface area contributed by atoms with Gasteiger partial charge in [-0.3, -0.25) is 4.79 Å². The second-order valence-corrected chi connectivity index (χ2v) is 2.35. The minimum atomic E-state index is -0.311. The van der Waals surface area contributed by atoms with Gasteiger partial charge in [0.05, 0.1) is 6.33 Å². The summed E-state index contributed by atoms with van der Waals surface area (Å²) in [4.78, 5) is 16.9. The van der Waals surface area contributed by atoms with E-state index in [2.05, 4.69) is 9.97 Å². The lowest BCUT2D eigenvalue weighted by Gasteiger charge is -1.89. The van der Waals surface area contributed by atoms with Gasteiger partial charge in [0, 0.05) is 18.3 Å². The number of H-pyrrole nitrogens is 1. The molecule has 11 heavy (non-hydrogen) atoms. The van der Waals surface area contributed by atoms with E-state index in [1.807, 2.05) is 0 Å². The van der Waals surface area contributed by atoms with Gasteiger partial charge in [0.2, 0.25) is 5.24 Å². The van der Waals surface area contributed by atoms with Gasteiger partial charge in [-0.2, -0.15) is 0 Å². The number of carbonyl (C=O) groups excluding carboxylic acids is 1. The lowest BCUT2D eigenvalue weighted by atomic mass is 10.3. The summed E-state index contributed by atoms with van der Waals surface area (Å²) in [6.07, 6.45) is 4.26. The van der Waals surface area contributed by atoms with E-state index in [4.69, 9.17) is 11.6 Å². The first-order valence-corrected chi connectivity index (χ1v) is 3.32. The van der Waals surface area contributed by atoms with E-state index >= 15 is 0 Å². The van der Waals surface area contributed by atoms with E-state index in [0.29, 0.717) is 12.8 Å². The Morgan fingerprint density at radius 3 is 2.91 bits per heavy atom. The summed E-state index contributed by atoms with van der Waals surface area (Å²) >= 11 is 5.12. The molecule has 1 heterocycles. The third kappa shape index (κ3) is 4.01. The molecular weight excluding hydrogens is 187 g/mol. The standard InChI is InChI=1S/C6H7ClN2O.ClH/c7-6(10)2-1-5-3-8-4-9-5;/h3-4H,1-2H2,(H,8,9);1H. The van der Waals surface area contributed by atoms with Crippen molar-refractivity contribution in [1.29, 1.82) is 0 Å². The van der Waals surface area contributed by atoms with Crippen LogP contribution in [0.15, 0.2) is 12.5 Å². The molecule has 0 aliphatic heterocycles. The highest BCUT2D eigenvalue weighted by molar-refractivity contribution is 6.63. The van der Waals surface area contributed by atoms with Crippen LogP contribution in [-0.4, -0.2) is 15.2 Å². The van der Waals surface area contributed by atoms with Crippen LogP contribution < -0.4 is 0 Å². The number of halogens is 2. The second-order valence-electron chi connectivity index (χ2n) is 1.93. The monoisotopic (exact) mass is 194 g/mol. The Kier molecular flexibility index (Phi) is 4.90. The topological polar surface area (TPSA) is 45.8 Å². The first kappa shape index (κ1) is 10.5. The molecule has 0 saturated heterocycles. The molecule has 0 spiro atoms. The summed E-state index contributed by atoms with van der Waals surface area (Å²) in [5.74, 6) is 0. The third-order valence-corrected chi connectivity index (χ3v) is 1.33. The van der Waals surface area contributed by atoms with Crippen molar-refractivity contribution in [2.45, 2.75) is 12.8 Å². The Balaban J connectivity index is 0.000001000. The summed E-state index contributed by atoms with van der Waals surface area (Å²) in [7, 11) is 0. The lowest BCUT2D eigenvalue weighted by molar-refractivity contribution is -0.111. The van der Waals surface area contributed by atoms with Crippen LogP contribution in [0.1, 0.15) is 12.1 Å². The highest BCUT2D eigenvalue weighted by Gasteiger charge is 1.97. The molecule has 0 atom stereocenters. The zero-order chi connectivity index (χ0) is 7.40. The normalized spacial score (nSPS) is 8.82. The number of hydrogen-bond acceptors (Lipinski definition) is 2. The average molecular weight is 195 g/mol. The van der Waals surface area contributed by atoms with Crippen LogP contribution in [0.2, 0.25) is 0 Å². The number of aryl methyl sites for hydroxylation is 1. The molecule has 1 rings (SSSR count). The quantitative estimate of drug-likeness (QED) is 0.743. The van der Waals surface area contributed by atoms with Gasteiger partial charge in [0.25, 0.3) is 0 Å². The van der Waals surface area contributed by atoms with Crippen LogP contribution in [0.4, 0.5) is 0 Å². The summed E-state index contributed by atoms with van der Waals surface area (Å²) < 4.78 is 0. The smallest absolute Gasteiger partial charge is 0.222 e. The number of carbonyl (C=O) groups is 1. The van der Waals surface area contributed by atoms with Crippen molar-refractivity contribution in [3.05, 3.63) is 18.2 Å². The van der Waals surface area contributed by atoms with Gasteiger partial charge < -0.3 is 4.98 Å². The molecule has 0 saturated carbocycles. The summed E-state index contributed by atoms with van der Waals surface area (Å²) in [5.41, 5.74) is 0.939. The Bertz CT molecular complexity index is 210. The van der Waals surface area contributed by atoms with Gasteiger partial charge in [-0.05, 0) is 18.0 Å². The molecule has 0 unspecified atom stereocenters. The Hall–Kier alpha value is -0.540. The first-order valence-electron chi connectivity index (χ1n) is 2.94. The van der Waals surface area contributed by atoms with Crippen molar-refractivity contribution in [2.75, 3.05) is 0 Å². The zero-order valence-electron chi connectivity index (χ0n) is 5.71. The summed E-state index contributed by atoms with van der Waals surface area (Å²) in [6, 6.07) is 0. The van der Waals surface area contributed by atoms with E-state index in [9.17, 15) is 4.79 Å². The summed E-state index contributed by atoms with van der Waals surface area (Å²) in [5, 5.41) is -0.311. The maximum absolute atomic E-state index is 10.3. The Morgan fingerprint density at radius 1 is 1.73 bits per heavy atom. The number of aromatic nitrogens is 2. The number of nitrogens with one attached hydrogen (secondary N) is 1. The molecule has 0 aliphatic carbocycles. The number of nitrogens with zero attached hydrogens (tertiary/aromatic N) is 1. The van der Waals surface area contributed by atoms with E-state index < -0.39 is 0 Å². The molecule has 1 aromatic rings. The molecule has 62 valence electrons. The average Bonchev–Trinajstić information content (AvgIpc) is 2.34. The van der Waals surface area contributed by atoms with Crippen LogP contribution in [0.3, 0.4) is 0 Å². The largest absolute Gasteiger partial charge is 0.348 e. The van der Waals surface area contributed by atoms with Crippen LogP contribution in [0.25, 0.3) is 0 Å². The number of aromatic amines is 1. The molecule has 1 aromatic heterocycles. The van der Waals surface area contributed by atoms with Gasteiger partial charge >= 0.3 is 0 Å². The minimum absolute atomic E-state index is 0. The molecule has 0 radical (unpaired) electrons. The Labute approximate surface area is 75.6 Å². The van der Waals surface area contributed by atoms with Crippen molar-refractivity contribution in [1.82, 2.24) is 9.97 Å². The van der Waals surface area contributed by atoms with Gasteiger partial charge in [-0.25, -0.2) is 4.98 Å². The molecule has 0 aromatic carbocycles. The van der Waals surface area contributed by atoms with Crippen molar-refractivity contribution >= 4 is 29.3 Å². The SMILES string of the molecule is Cl.O=C(Cl)CCc1cnc[nH]1. The molecule has 0 fully saturated rings. The van der Waals surface area contributed by atoms with Crippen LogP contribution >= 0.6 is 24.0 Å². The van der Waals surface area contributed by atoms with Crippen molar-refractivity contribution < 1.29 is 4.79 Å². The lowest BCUT2D eigenvalue weighted by Crippen LogP contribution is -1.90. The highest BCUT2D eigenvalue weighted by atomic mass is 35.5. The van der Waals surface area contributed by atoms with Gasteiger partial charge in [0.15, 0.2) is 0 Å². The number of imidazole rings is 1. The second kappa shape index (κ2) is 5.16. The van der Waals surface area contributed by atoms with Crippen LogP contribution in [0.5, 0.6) is 0 Å². The molecular formula is C6H8Cl2N2O. The molecule has 0 bridgehead atoms.